The van der Waals surface area contributed by atoms with Gasteiger partial charge < -0.3 is 19.7 Å². The number of benzene rings is 1. The van der Waals surface area contributed by atoms with Gasteiger partial charge in [0.25, 0.3) is 0 Å². The molecule has 0 spiro atoms. The Hall–Kier alpha value is -0.910. The predicted octanol–water partition coefficient (Wildman–Crippen LogP) is 2.03. The molecule has 1 aliphatic rings. The number of halogens is 1. The molecule has 1 unspecified atom stereocenters. The third kappa shape index (κ3) is 8.22. The van der Waals surface area contributed by atoms with Crippen LogP contribution in [-0.4, -0.2) is 78.6 Å². The number of nitrogens with zero attached hydrogens (tertiary/aromatic N) is 2. The average molecular weight is 525 g/mol. The topological polar surface area (TPSA) is 80.2 Å². The SMILES string of the molecule is CN=C(NCCCS(=O)(=O)c1ccccc1)N1CCC(COCCOC)C1.I. The van der Waals surface area contributed by atoms with Gasteiger partial charge >= 0.3 is 0 Å². The predicted molar refractivity (Wildman–Crippen MR) is 122 cm³/mol. The van der Waals surface area contributed by atoms with Crippen LogP contribution in [0.3, 0.4) is 0 Å². The standard InChI is InChI=1S/C19H31N3O4S.HI/c1-20-19(22-11-9-17(15-22)16-26-13-12-25-2)21-10-6-14-27(23,24)18-7-4-3-5-8-18;/h3-5,7-8,17H,6,9-16H2,1-2H3,(H,20,21);1H. The van der Waals surface area contributed by atoms with Crippen LogP contribution in [0.15, 0.2) is 40.2 Å². The second-order valence-corrected chi connectivity index (χ2v) is 8.74. The summed E-state index contributed by atoms with van der Waals surface area (Å²) in [5.41, 5.74) is 0. The number of ether oxygens (including phenoxy) is 2. The molecule has 2 rings (SSSR count). The van der Waals surface area contributed by atoms with Gasteiger partial charge in [0.15, 0.2) is 15.8 Å². The van der Waals surface area contributed by atoms with Crippen LogP contribution in [0.4, 0.5) is 0 Å². The molecule has 0 amide bonds. The minimum Gasteiger partial charge on any atom is -0.382 e. The second kappa shape index (κ2) is 13.3. The molecule has 1 fully saturated rings. The first-order valence-electron chi connectivity index (χ1n) is 9.37. The van der Waals surface area contributed by atoms with Gasteiger partial charge in [0, 0.05) is 39.7 Å². The number of likely N-dealkylation sites (tertiary alicyclic amines) is 1. The summed E-state index contributed by atoms with van der Waals surface area (Å²) in [6.45, 7) is 4.37. The van der Waals surface area contributed by atoms with Gasteiger partial charge in [-0.25, -0.2) is 8.42 Å². The van der Waals surface area contributed by atoms with Crippen molar-refractivity contribution >= 4 is 39.8 Å². The zero-order chi connectivity index (χ0) is 19.5. The van der Waals surface area contributed by atoms with E-state index in [1.165, 1.54) is 0 Å². The molecule has 28 heavy (non-hydrogen) atoms. The van der Waals surface area contributed by atoms with Crippen molar-refractivity contribution in [2.24, 2.45) is 10.9 Å². The molecule has 1 heterocycles. The lowest BCUT2D eigenvalue weighted by molar-refractivity contribution is 0.0536. The van der Waals surface area contributed by atoms with E-state index in [4.69, 9.17) is 9.47 Å². The van der Waals surface area contributed by atoms with Crippen molar-refractivity contribution in [2.45, 2.75) is 17.7 Å². The first-order valence-corrected chi connectivity index (χ1v) is 11.0. The van der Waals surface area contributed by atoms with E-state index in [0.29, 0.717) is 37.0 Å². The summed E-state index contributed by atoms with van der Waals surface area (Å²) in [5, 5.41) is 3.28. The number of guanidine groups is 1. The third-order valence-corrected chi connectivity index (χ3v) is 6.37. The minimum atomic E-state index is -3.23. The van der Waals surface area contributed by atoms with E-state index in [1.54, 1.807) is 38.4 Å². The van der Waals surface area contributed by atoms with Gasteiger partial charge in [-0.2, -0.15) is 0 Å². The Morgan fingerprint density at radius 1 is 1.29 bits per heavy atom. The zero-order valence-corrected chi connectivity index (χ0v) is 19.8. The van der Waals surface area contributed by atoms with E-state index in [-0.39, 0.29) is 29.7 Å². The van der Waals surface area contributed by atoms with E-state index in [9.17, 15) is 8.42 Å². The molecule has 0 saturated carbocycles. The van der Waals surface area contributed by atoms with Crippen LogP contribution in [0.1, 0.15) is 12.8 Å². The molecule has 1 N–H and O–H groups in total. The molecule has 0 bridgehead atoms. The van der Waals surface area contributed by atoms with E-state index in [0.717, 1.165) is 32.1 Å². The Morgan fingerprint density at radius 2 is 2.04 bits per heavy atom. The Labute approximate surface area is 185 Å². The molecule has 1 aliphatic heterocycles. The Balaban J connectivity index is 0.00000392. The summed E-state index contributed by atoms with van der Waals surface area (Å²) < 4.78 is 35.2. The van der Waals surface area contributed by atoms with Gasteiger partial charge in [0.2, 0.25) is 0 Å². The number of methoxy groups -OCH3 is 1. The highest BCUT2D eigenvalue weighted by Crippen LogP contribution is 2.16. The molecule has 9 heteroatoms. The highest BCUT2D eigenvalue weighted by molar-refractivity contribution is 14.0. The lowest BCUT2D eigenvalue weighted by Crippen LogP contribution is -2.41. The molecular formula is C19H32IN3O4S. The largest absolute Gasteiger partial charge is 0.382 e. The average Bonchev–Trinajstić information content (AvgIpc) is 3.15. The Morgan fingerprint density at radius 3 is 2.71 bits per heavy atom. The summed E-state index contributed by atoms with van der Waals surface area (Å²) in [6, 6.07) is 8.59. The molecule has 0 aliphatic carbocycles. The van der Waals surface area contributed by atoms with Crippen molar-refractivity contribution in [3.63, 3.8) is 0 Å². The van der Waals surface area contributed by atoms with Crippen LogP contribution in [-0.2, 0) is 19.3 Å². The van der Waals surface area contributed by atoms with E-state index in [1.807, 2.05) is 6.07 Å². The van der Waals surface area contributed by atoms with Crippen LogP contribution in [0.5, 0.6) is 0 Å². The van der Waals surface area contributed by atoms with Crippen molar-refractivity contribution < 1.29 is 17.9 Å². The maximum absolute atomic E-state index is 12.3. The number of hydrogen-bond acceptors (Lipinski definition) is 5. The van der Waals surface area contributed by atoms with Crippen molar-refractivity contribution in [1.82, 2.24) is 10.2 Å². The number of rotatable bonds is 10. The fourth-order valence-corrected chi connectivity index (χ4v) is 4.43. The minimum absolute atomic E-state index is 0. The van der Waals surface area contributed by atoms with Crippen molar-refractivity contribution in [3.8, 4) is 0 Å². The molecule has 7 nitrogen and oxygen atoms in total. The van der Waals surface area contributed by atoms with Crippen LogP contribution < -0.4 is 5.32 Å². The maximum atomic E-state index is 12.3. The monoisotopic (exact) mass is 525 g/mol. The third-order valence-electron chi connectivity index (χ3n) is 4.56. The summed E-state index contributed by atoms with van der Waals surface area (Å²) in [5.74, 6) is 1.43. The van der Waals surface area contributed by atoms with Gasteiger partial charge in [-0.05, 0) is 25.0 Å². The number of nitrogens with one attached hydrogen (secondary N) is 1. The molecule has 0 radical (unpaired) electrons. The van der Waals surface area contributed by atoms with Crippen LogP contribution in [0, 0.1) is 5.92 Å². The second-order valence-electron chi connectivity index (χ2n) is 6.63. The van der Waals surface area contributed by atoms with Crippen molar-refractivity contribution in [3.05, 3.63) is 30.3 Å². The Kier molecular flexibility index (Phi) is 12.0. The Bertz CT molecular complexity index is 686. The molecule has 0 aromatic heterocycles. The van der Waals surface area contributed by atoms with Gasteiger partial charge in [0.05, 0.1) is 30.5 Å². The van der Waals surface area contributed by atoms with Crippen molar-refractivity contribution in [2.75, 3.05) is 59.4 Å². The quantitative estimate of drug-likeness (QED) is 0.218. The lowest BCUT2D eigenvalue weighted by Gasteiger charge is -2.21. The van der Waals surface area contributed by atoms with Crippen molar-refractivity contribution in [1.29, 1.82) is 0 Å². The first-order chi connectivity index (χ1) is 13.1. The zero-order valence-electron chi connectivity index (χ0n) is 16.7. The molecule has 1 atom stereocenters. The molecular weight excluding hydrogens is 493 g/mol. The first kappa shape index (κ1) is 25.1. The smallest absolute Gasteiger partial charge is 0.193 e. The lowest BCUT2D eigenvalue weighted by atomic mass is 10.1. The van der Waals surface area contributed by atoms with E-state index in [2.05, 4.69) is 15.2 Å². The van der Waals surface area contributed by atoms with E-state index >= 15 is 0 Å². The summed E-state index contributed by atoms with van der Waals surface area (Å²) in [6.07, 6.45) is 1.60. The molecule has 1 saturated heterocycles. The highest BCUT2D eigenvalue weighted by Gasteiger charge is 2.25. The summed E-state index contributed by atoms with van der Waals surface area (Å²) in [4.78, 5) is 6.91. The highest BCUT2D eigenvalue weighted by atomic mass is 127. The van der Waals surface area contributed by atoms with Gasteiger partial charge in [-0.1, -0.05) is 18.2 Å². The molecule has 160 valence electrons. The molecule has 1 aromatic rings. The van der Waals surface area contributed by atoms with Crippen LogP contribution >= 0.6 is 24.0 Å². The van der Waals surface area contributed by atoms with Gasteiger partial charge in [0.1, 0.15) is 0 Å². The van der Waals surface area contributed by atoms with Gasteiger partial charge in [-0.15, -0.1) is 24.0 Å². The number of aliphatic imine (C=N–C) groups is 1. The maximum Gasteiger partial charge on any atom is 0.193 e. The summed E-state index contributed by atoms with van der Waals surface area (Å²) in [7, 11) is 0.195. The number of hydrogen-bond donors (Lipinski definition) is 1. The van der Waals surface area contributed by atoms with Gasteiger partial charge in [-0.3, -0.25) is 4.99 Å². The fourth-order valence-electron chi connectivity index (χ4n) is 3.09. The van der Waals surface area contributed by atoms with Crippen LogP contribution in [0.2, 0.25) is 0 Å². The van der Waals surface area contributed by atoms with E-state index < -0.39 is 9.84 Å². The fraction of sp³-hybridized carbons (Fsp3) is 0.632. The normalized spacial score (nSPS) is 17.4. The summed E-state index contributed by atoms with van der Waals surface area (Å²) >= 11 is 0. The van der Waals surface area contributed by atoms with Crippen LogP contribution in [0.25, 0.3) is 0 Å². The number of sulfone groups is 1. The molecule has 1 aromatic carbocycles.